The van der Waals surface area contributed by atoms with Crippen molar-refractivity contribution < 1.29 is 0 Å². The lowest BCUT2D eigenvalue weighted by Gasteiger charge is -2.49. The van der Waals surface area contributed by atoms with Gasteiger partial charge in [-0.1, -0.05) is 61.3 Å². The topological polar surface area (TPSA) is 15.3 Å². The second-order valence-corrected chi connectivity index (χ2v) is 9.01. The SMILES string of the molecule is CC(C)CCCC(C)N1CC(C(C)(C)C)NCC1C(C)C. The minimum absolute atomic E-state index is 0.345. The van der Waals surface area contributed by atoms with Crippen molar-refractivity contribution in [2.24, 2.45) is 17.3 Å². The summed E-state index contributed by atoms with van der Waals surface area (Å²) in [5.74, 6) is 1.56. The van der Waals surface area contributed by atoms with E-state index < -0.39 is 0 Å². The van der Waals surface area contributed by atoms with E-state index in [1.54, 1.807) is 0 Å². The van der Waals surface area contributed by atoms with Crippen molar-refractivity contribution in [1.29, 1.82) is 0 Å². The summed E-state index contributed by atoms with van der Waals surface area (Å²) in [5, 5.41) is 3.81. The van der Waals surface area contributed by atoms with Gasteiger partial charge in [0.15, 0.2) is 0 Å². The van der Waals surface area contributed by atoms with Crippen LogP contribution in [0.3, 0.4) is 0 Å². The van der Waals surface area contributed by atoms with E-state index in [0.29, 0.717) is 23.5 Å². The molecule has 1 aliphatic rings. The van der Waals surface area contributed by atoms with Gasteiger partial charge >= 0.3 is 0 Å². The summed E-state index contributed by atoms with van der Waals surface area (Å²) in [6.45, 7) is 21.3. The Hall–Kier alpha value is -0.0800. The standard InChI is InChI=1S/C19H40N2/c1-14(2)10-9-11-16(5)21-13-18(19(6,7)8)20-12-17(21)15(3)4/h14-18,20H,9-13H2,1-8H3. The van der Waals surface area contributed by atoms with E-state index in [1.165, 1.54) is 25.8 Å². The third-order valence-corrected chi connectivity index (χ3v) is 5.18. The summed E-state index contributed by atoms with van der Waals surface area (Å²) in [5.41, 5.74) is 0.345. The van der Waals surface area contributed by atoms with E-state index in [2.05, 4.69) is 65.6 Å². The van der Waals surface area contributed by atoms with Gasteiger partial charge in [-0.2, -0.15) is 0 Å². The third-order valence-electron chi connectivity index (χ3n) is 5.18. The average molecular weight is 297 g/mol. The van der Waals surface area contributed by atoms with Crippen molar-refractivity contribution >= 4 is 0 Å². The molecule has 1 heterocycles. The van der Waals surface area contributed by atoms with Gasteiger partial charge in [0.05, 0.1) is 0 Å². The molecule has 21 heavy (non-hydrogen) atoms. The van der Waals surface area contributed by atoms with E-state index in [-0.39, 0.29) is 0 Å². The van der Waals surface area contributed by atoms with E-state index in [9.17, 15) is 0 Å². The Morgan fingerprint density at radius 2 is 1.67 bits per heavy atom. The molecule has 1 saturated heterocycles. The molecule has 0 aromatic heterocycles. The highest BCUT2D eigenvalue weighted by atomic mass is 15.3. The van der Waals surface area contributed by atoms with Crippen LogP contribution in [-0.4, -0.2) is 36.1 Å². The zero-order valence-electron chi connectivity index (χ0n) is 15.9. The first-order valence-corrected chi connectivity index (χ1v) is 9.12. The zero-order valence-corrected chi connectivity index (χ0v) is 15.9. The summed E-state index contributed by atoms with van der Waals surface area (Å²) < 4.78 is 0. The molecule has 0 aromatic carbocycles. The summed E-state index contributed by atoms with van der Waals surface area (Å²) in [4.78, 5) is 2.80. The summed E-state index contributed by atoms with van der Waals surface area (Å²) >= 11 is 0. The van der Waals surface area contributed by atoms with E-state index >= 15 is 0 Å². The van der Waals surface area contributed by atoms with Crippen molar-refractivity contribution in [1.82, 2.24) is 10.2 Å². The van der Waals surface area contributed by atoms with E-state index in [4.69, 9.17) is 0 Å². The minimum Gasteiger partial charge on any atom is -0.311 e. The molecule has 0 bridgehead atoms. The maximum absolute atomic E-state index is 3.81. The Morgan fingerprint density at radius 3 is 2.14 bits per heavy atom. The van der Waals surface area contributed by atoms with Crippen LogP contribution in [0, 0.1) is 17.3 Å². The van der Waals surface area contributed by atoms with Crippen LogP contribution in [0.4, 0.5) is 0 Å². The maximum Gasteiger partial charge on any atom is 0.0247 e. The minimum atomic E-state index is 0.345. The molecule has 1 N–H and O–H groups in total. The number of piperazine rings is 1. The summed E-state index contributed by atoms with van der Waals surface area (Å²) in [7, 11) is 0. The molecule has 0 amide bonds. The molecule has 1 rings (SSSR count). The molecule has 1 fully saturated rings. The fourth-order valence-electron chi connectivity index (χ4n) is 3.48. The van der Waals surface area contributed by atoms with Gasteiger partial charge in [-0.05, 0) is 30.6 Å². The average Bonchev–Trinajstić information content (AvgIpc) is 2.36. The number of nitrogens with one attached hydrogen (secondary N) is 1. The molecule has 126 valence electrons. The van der Waals surface area contributed by atoms with Crippen molar-refractivity contribution in [3.8, 4) is 0 Å². The molecule has 0 saturated carbocycles. The predicted molar refractivity (Wildman–Crippen MR) is 94.7 cm³/mol. The molecular formula is C19H40N2. The maximum atomic E-state index is 3.81. The highest BCUT2D eigenvalue weighted by Crippen LogP contribution is 2.28. The smallest absolute Gasteiger partial charge is 0.0247 e. The molecular weight excluding hydrogens is 256 g/mol. The van der Waals surface area contributed by atoms with Gasteiger partial charge in [0.2, 0.25) is 0 Å². The highest BCUT2D eigenvalue weighted by molar-refractivity contribution is 4.94. The summed E-state index contributed by atoms with van der Waals surface area (Å²) in [6.07, 6.45) is 4.08. The van der Waals surface area contributed by atoms with Crippen molar-refractivity contribution in [3.05, 3.63) is 0 Å². The first-order chi connectivity index (χ1) is 9.62. The molecule has 2 nitrogen and oxygen atoms in total. The van der Waals surface area contributed by atoms with Crippen molar-refractivity contribution in [3.63, 3.8) is 0 Å². The van der Waals surface area contributed by atoms with Crippen LogP contribution in [0.15, 0.2) is 0 Å². The van der Waals surface area contributed by atoms with Crippen LogP contribution in [0.1, 0.15) is 74.7 Å². The second kappa shape index (κ2) is 7.97. The van der Waals surface area contributed by atoms with Gasteiger partial charge in [-0.3, -0.25) is 4.90 Å². The van der Waals surface area contributed by atoms with Crippen molar-refractivity contribution in [2.45, 2.75) is 92.8 Å². The lowest BCUT2D eigenvalue weighted by molar-refractivity contribution is 0.0309. The van der Waals surface area contributed by atoms with Crippen LogP contribution in [0.25, 0.3) is 0 Å². The molecule has 0 aliphatic carbocycles. The largest absolute Gasteiger partial charge is 0.311 e. The van der Waals surface area contributed by atoms with E-state index in [1.807, 2.05) is 0 Å². The Balaban J connectivity index is 2.66. The fourth-order valence-corrected chi connectivity index (χ4v) is 3.48. The van der Waals surface area contributed by atoms with Crippen LogP contribution in [0.5, 0.6) is 0 Å². The van der Waals surface area contributed by atoms with Gasteiger partial charge in [-0.25, -0.2) is 0 Å². The highest BCUT2D eigenvalue weighted by Gasteiger charge is 2.36. The van der Waals surface area contributed by atoms with E-state index in [0.717, 1.165) is 18.4 Å². The number of hydrogen-bond donors (Lipinski definition) is 1. The van der Waals surface area contributed by atoms with Gasteiger partial charge in [0, 0.05) is 31.2 Å². The number of nitrogens with zero attached hydrogens (tertiary/aromatic N) is 1. The zero-order chi connectivity index (χ0) is 16.2. The monoisotopic (exact) mass is 296 g/mol. The third kappa shape index (κ3) is 5.90. The van der Waals surface area contributed by atoms with Gasteiger partial charge in [-0.15, -0.1) is 0 Å². The number of rotatable bonds is 6. The van der Waals surface area contributed by atoms with Crippen molar-refractivity contribution in [2.75, 3.05) is 13.1 Å². The van der Waals surface area contributed by atoms with Crippen LogP contribution in [0.2, 0.25) is 0 Å². The summed E-state index contributed by atoms with van der Waals surface area (Å²) in [6, 6.07) is 2.01. The fraction of sp³-hybridized carbons (Fsp3) is 1.00. The molecule has 1 aliphatic heterocycles. The van der Waals surface area contributed by atoms with Gasteiger partial charge in [0.25, 0.3) is 0 Å². The van der Waals surface area contributed by atoms with Gasteiger partial charge < -0.3 is 5.32 Å². The quantitative estimate of drug-likeness (QED) is 0.774. The molecule has 2 heteroatoms. The Bertz CT molecular complexity index is 290. The van der Waals surface area contributed by atoms with Crippen LogP contribution in [-0.2, 0) is 0 Å². The second-order valence-electron chi connectivity index (χ2n) is 9.01. The molecule has 0 radical (unpaired) electrons. The predicted octanol–water partition coefficient (Wildman–Crippen LogP) is 4.55. The van der Waals surface area contributed by atoms with Crippen LogP contribution < -0.4 is 5.32 Å². The number of hydrogen-bond acceptors (Lipinski definition) is 2. The Labute approximate surface area is 134 Å². The lowest BCUT2D eigenvalue weighted by Crippen LogP contribution is -2.63. The lowest BCUT2D eigenvalue weighted by atomic mass is 9.83. The Kier molecular flexibility index (Phi) is 7.19. The molecule has 0 spiro atoms. The van der Waals surface area contributed by atoms with Gasteiger partial charge in [0.1, 0.15) is 0 Å². The normalized spacial score (nSPS) is 26.6. The molecule has 3 unspecified atom stereocenters. The molecule has 0 aromatic rings. The first kappa shape index (κ1) is 19.0. The molecule has 3 atom stereocenters. The Morgan fingerprint density at radius 1 is 1.05 bits per heavy atom. The first-order valence-electron chi connectivity index (χ1n) is 9.12. The van der Waals surface area contributed by atoms with Crippen LogP contribution >= 0.6 is 0 Å².